The Morgan fingerprint density at radius 1 is 1.33 bits per heavy atom. The predicted molar refractivity (Wildman–Crippen MR) is 79.6 cm³/mol. The van der Waals surface area contributed by atoms with Crippen LogP contribution in [0.5, 0.6) is 5.75 Å². The van der Waals surface area contributed by atoms with Crippen LogP contribution >= 0.6 is 0 Å². The van der Waals surface area contributed by atoms with Crippen molar-refractivity contribution >= 4 is 6.09 Å². The number of aliphatic hydroxyl groups is 1. The molecule has 1 aliphatic carbocycles. The summed E-state index contributed by atoms with van der Waals surface area (Å²) in [4.78, 5) is 11.8. The number of hydrogen-bond acceptors (Lipinski definition) is 4. The normalized spacial score (nSPS) is 21.4. The van der Waals surface area contributed by atoms with Crippen LogP contribution in [-0.4, -0.2) is 36.1 Å². The van der Waals surface area contributed by atoms with Crippen molar-refractivity contribution in [3.63, 3.8) is 0 Å². The molecule has 2 atom stereocenters. The second-order valence-electron chi connectivity index (χ2n) is 6.33. The first-order valence-corrected chi connectivity index (χ1v) is 7.12. The lowest BCUT2D eigenvalue weighted by atomic mass is 9.85. The Morgan fingerprint density at radius 2 is 2.05 bits per heavy atom. The van der Waals surface area contributed by atoms with Crippen molar-refractivity contribution in [2.24, 2.45) is 0 Å². The molecule has 0 radical (unpaired) electrons. The lowest BCUT2D eigenvalue weighted by molar-refractivity contribution is 0.0412. The van der Waals surface area contributed by atoms with Crippen molar-refractivity contribution in [3.05, 3.63) is 29.3 Å². The topological polar surface area (TPSA) is 67.8 Å². The van der Waals surface area contributed by atoms with Crippen LogP contribution in [0.1, 0.15) is 31.9 Å². The zero-order valence-corrected chi connectivity index (χ0v) is 13.0. The second-order valence-corrected chi connectivity index (χ2v) is 6.33. The number of alkyl carbamates (subject to hydrolysis) is 1. The Morgan fingerprint density at radius 3 is 2.67 bits per heavy atom. The summed E-state index contributed by atoms with van der Waals surface area (Å²) < 4.78 is 10.6. The van der Waals surface area contributed by atoms with Crippen molar-refractivity contribution < 1.29 is 19.4 Å². The molecule has 0 saturated carbocycles. The highest BCUT2D eigenvalue weighted by molar-refractivity contribution is 5.68. The van der Waals surface area contributed by atoms with Gasteiger partial charge in [0.1, 0.15) is 11.4 Å². The molecular weight excluding hydrogens is 270 g/mol. The van der Waals surface area contributed by atoms with Crippen LogP contribution in [0.4, 0.5) is 4.79 Å². The average Bonchev–Trinajstić information content (AvgIpc) is 2.36. The number of methoxy groups -OCH3 is 1. The Kier molecular flexibility index (Phi) is 4.42. The van der Waals surface area contributed by atoms with Gasteiger partial charge >= 0.3 is 6.09 Å². The molecule has 0 aromatic heterocycles. The van der Waals surface area contributed by atoms with Crippen LogP contribution in [0.3, 0.4) is 0 Å². The van der Waals surface area contributed by atoms with Gasteiger partial charge < -0.3 is 19.9 Å². The molecule has 0 spiro atoms. The van der Waals surface area contributed by atoms with E-state index in [0.717, 1.165) is 16.9 Å². The first kappa shape index (κ1) is 15.6. The first-order valence-electron chi connectivity index (χ1n) is 7.12. The summed E-state index contributed by atoms with van der Waals surface area (Å²) in [6.07, 6.45) is -0.133. The SMILES string of the molecule is COc1cccc2c1C[C@@H](O)C(NC(=O)OC(C)(C)C)C2. The van der Waals surface area contributed by atoms with E-state index >= 15 is 0 Å². The van der Waals surface area contributed by atoms with E-state index in [0.29, 0.717) is 12.8 Å². The first-order chi connectivity index (χ1) is 9.80. The standard InChI is InChI=1S/C16H23NO4/c1-16(2,3)21-15(19)17-12-8-10-6-5-7-14(20-4)11(10)9-13(12)18/h5-7,12-13,18H,8-9H2,1-4H3,(H,17,19)/t12?,13-/m1/s1. The average molecular weight is 293 g/mol. The maximum atomic E-state index is 11.8. The van der Waals surface area contributed by atoms with Gasteiger partial charge in [0.15, 0.2) is 0 Å². The minimum atomic E-state index is -0.652. The molecule has 0 heterocycles. The van der Waals surface area contributed by atoms with Gasteiger partial charge in [-0.05, 0) is 38.8 Å². The molecule has 116 valence electrons. The van der Waals surface area contributed by atoms with Crippen LogP contribution in [0.25, 0.3) is 0 Å². The minimum absolute atomic E-state index is 0.348. The molecule has 1 aliphatic rings. The molecule has 1 unspecified atom stereocenters. The zero-order valence-electron chi connectivity index (χ0n) is 13.0. The third-order valence-corrected chi connectivity index (χ3v) is 3.47. The summed E-state index contributed by atoms with van der Waals surface area (Å²) in [5.41, 5.74) is 1.54. The molecular formula is C16H23NO4. The van der Waals surface area contributed by atoms with E-state index in [9.17, 15) is 9.90 Å². The maximum absolute atomic E-state index is 11.8. The van der Waals surface area contributed by atoms with Gasteiger partial charge in [0.2, 0.25) is 0 Å². The molecule has 2 N–H and O–H groups in total. The molecule has 1 aromatic carbocycles. The number of amides is 1. The largest absolute Gasteiger partial charge is 0.496 e. The minimum Gasteiger partial charge on any atom is -0.496 e. The van der Waals surface area contributed by atoms with Crippen molar-refractivity contribution in [1.82, 2.24) is 5.32 Å². The monoisotopic (exact) mass is 293 g/mol. The molecule has 5 heteroatoms. The number of aliphatic hydroxyl groups excluding tert-OH is 1. The summed E-state index contributed by atoms with van der Waals surface area (Å²) in [7, 11) is 1.62. The summed E-state index contributed by atoms with van der Waals surface area (Å²) in [6, 6.07) is 5.44. The van der Waals surface area contributed by atoms with E-state index in [2.05, 4.69) is 5.32 Å². The summed E-state index contributed by atoms with van der Waals surface area (Å²) in [5.74, 6) is 0.780. The van der Waals surface area contributed by atoms with Gasteiger partial charge in [-0.15, -0.1) is 0 Å². The Labute approximate surface area is 125 Å². The predicted octanol–water partition coefficient (Wildman–Crippen LogP) is 2.05. The van der Waals surface area contributed by atoms with Gasteiger partial charge in [0, 0.05) is 12.0 Å². The molecule has 0 fully saturated rings. The van der Waals surface area contributed by atoms with Crippen LogP contribution in [-0.2, 0) is 17.6 Å². The van der Waals surface area contributed by atoms with E-state index in [4.69, 9.17) is 9.47 Å². The lowest BCUT2D eigenvalue weighted by Crippen LogP contribution is -2.49. The number of carbonyl (C=O) groups excluding carboxylic acids is 1. The molecule has 1 amide bonds. The number of rotatable bonds is 2. The Bertz CT molecular complexity index is 521. The van der Waals surface area contributed by atoms with Crippen LogP contribution < -0.4 is 10.1 Å². The van der Waals surface area contributed by atoms with E-state index in [1.807, 2.05) is 39.0 Å². The quantitative estimate of drug-likeness (QED) is 0.875. The summed E-state index contributed by atoms with van der Waals surface area (Å²) in [5, 5.41) is 13.0. The highest BCUT2D eigenvalue weighted by Crippen LogP contribution is 2.29. The number of carbonyl (C=O) groups is 1. The Balaban J connectivity index is 2.09. The number of hydrogen-bond donors (Lipinski definition) is 2. The van der Waals surface area contributed by atoms with Gasteiger partial charge in [-0.2, -0.15) is 0 Å². The van der Waals surface area contributed by atoms with Gasteiger partial charge in [-0.1, -0.05) is 12.1 Å². The number of benzene rings is 1. The second kappa shape index (κ2) is 5.93. The highest BCUT2D eigenvalue weighted by Gasteiger charge is 2.31. The fourth-order valence-corrected chi connectivity index (χ4v) is 2.56. The molecule has 5 nitrogen and oxygen atoms in total. The van der Waals surface area contributed by atoms with Crippen molar-refractivity contribution in [3.8, 4) is 5.75 Å². The van der Waals surface area contributed by atoms with Gasteiger partial charge in [-0.3, -0.25) is 0 Å². The van der Waals surface area contributed by atoms with E-state index in [-0.39, 0.29) is 6.04 Å². The van der Waals surface area contributed by atoms with E-state index in [1.54, 1.807) is 7.11 Å². The van der Waals surface area contributed by atoms with E-state index < -0.39 is 17.8 Å². The third-order valence-electron chi connectivity index (χ3n) is 3.47. The summed E-state index contributed by atoms with van der Waals surface area (Å²) in [6.45, 7) is 5.43. The van der Waals surface area contributed by atoms with Crippen molar-refractivity contribution in [2.75, 3.05) is 7.11 Å². The highest BCUT2D eigenvalue weighted by atomic mass is 16.6. The van der Waals surface area contributed by atoms with Gasteiger partial charge in [-0.25, -0.2) is 4.79 Å². The van der Waals surface area contributed by atoms with Crippen LogP contribution in [0.15, 0.2) is 18.2 Å². The number of fused-ring (bicyclic) bond motifs is 1. The van der Waals surface area contributed by atoms with Crippen LogP contribution in [0, 0.1) is 0 Å². The van der Waals surface area contributed by atoms with Gasteiger partial charge in [0.05, 0.1) is 19.3 Å². The smallest absolute Gasteiger partial charge is 0.407 e. The molecule has 0 aliphatic heterocycles. The fraction of sp³-hybridized carbons (Fsp3) is 0.562. The van der Waals surface area contributed by atoms with Crippen LogP contribution in [0.2, 0.25) is 0 Å². The summed E-state index contributed by atoms with van der Waals surface area (Å²) >= 11 is 0. The van der Waals surface area contributed by atoms with Crippen molar-refractivity contribution in [2.45, 2.75) is 51.4 Å². The molecule has 0 saturated heterocycles. The Hall–Kier alpha value is -1.75. The van der Waals surface area contributed by atoms with E-state index in [1.165, 1.54) is 0 Å². The zero-order chi connectivity index (χ0) is 15.6. The third kappa shape index (κ3) is 3.88. The molecule has 21 heavy (non-hydrogen) atoms. The van der Waals surface area contributed by atoms with Gasteiger partial charge in [0.25, 0.3) is 0 Å². The number of ether oxygens (including phenoxy) is 2. The van der Waals surface area contributed by atoms with Crippen molar-refractivity contribution in [1.29, 1.82) is 0 Å². The number of nitrogens with one attached hydrogen (secondary N) is 1. The fourth-order valence-electron chi connectivity index (χ4n) is 2.56. The lowest BCUT2D eigenvalue weighted by Gasteiger charge is -2.32. The molecule has 2 rings (SSSR count). The molecule has 1 aromatic rings. The molecule has 0 bridgehead atoms. The maximum Gasteiger partial charge on any atom is 0.407 e.